The number of aliphatic hydroxyl groups excluding tert-OH is 3. The van der Waals surface area contributed by atoms with Crippen LogP contribution in [0.4, 0.5) is 0 Å². The Morgan fingerprint density at radius 2 is 1.43 bits per heavy atom. The second-order valence-corrected chi connectivity index (χ2v) is 11.7. The lowest BCUT2D eigenvalue weighted by Crippen LogP contribution is -2.60. The van der Waals surface area contributed by atoms with E-state index in [9.17, 15) is 28.5 Å². The van der Waals surface area contributed by atoms with Crippen molar-refractivity contribution in [2.45, 2.75) is 115 Å². The molecule has 0 amide bonds. The summed E-state index contributed by atoms with van der Waals surface area (Å²) in [6, 6.07) is 0. The van der Waals surface area contributed by atoms with Crippen molar-refractivity contribution < 1.29 is 56.2 Å². The summed E-state index contributed by atoms with van der Waals surface area (Å²) in [5, 5.41) is 30.2. The summed E-state index contributed by atoms with van der Waals surface area (Å²) in [5.74, 6) is -0.454. The number of ether oxygens (including phenoxy) is 4. The molecule has 0 saturated carbocycles. The molecule has 0 aromatic carbocycles. The van der Waals surface area contributed by atoms with E-state index in [0.717, 1.165) is 44.9 Å². The summed E-state index contributed by atoms with van der Waals surface area (Å²) in [6.45, 7) is 3.39. The van der Waals surface area contributed by atoms with E-state index in [0.29, 0.717) is 19.4 Å². The largest absolute Gasteiger partial charge is 0.457 e. The van der Waals surface area contributed by atoms with Crippen LogP contribution in [0.25, 0.3) is 0 Å². The third kappa shape index (κ3) is 20.1. The predicted molar refractivity (Wildman–Crippen MR) is 174 cm³/mol. The van der Waals surface area contributed by atoms with Crippen molar-refractivity contribution in [2.75, 3.05) is 26.4 Å². The lowest BCUT2D eigenvalue weighted by atomic mass is 9.99. The van der Waals surface area contributed by atoms with Gasteiger partial charge in [0.15, 0.2) is 6.29 Å². The lowest BCUT2D eigenvalue weighted by molar-refractivity contribution is -0.301. The average molecular weight is 675 g/mol. The van der Waals surface area contributed by atoms with Gasteiger partial charge in [-0.3, -0.25) is 9.35 Å². The average Bonchev–Trinajstić information content (AvgIpc) is 3.01. The molecule has 0 radical (unpaired) electrons. The summed E-state index contributed by atoms with van der Waals surface area (Å²) < 4.78 is 57.9. The predicted octanol–water partition coefficient (Wildman–Crippen LogP) is 4.28. The Morgan fingerprint density at radius 1 is 0.848 bits per heavy atom. The maximum atomic E-state index is 12.4. The molecule has 4 N–H and O–H groups in total. The number of aliphatic hydroxyl groups is 3. The van der Waals surface area contributed by atoms with Gasteiger partial charge >= 0.3 is 16.4 Å². The van der Waals surface area contributed by atoms with Crippen LogP contribution in [0, 0.1) is 0 Å². The molecular weight excluding hydrogens is 620 g/mol. The summed E-state index contributed by atoms with van der Waals surface area (Å²) >= 11 is 0. The molecule has 1 rings (SSSR count). The summed E-state index contributed by atoms with van der Waals surface area (Å²) in [4.78, 5) is 12.4. The van der Waals surface area contributed by atoms with Crippen LogP contribution in [0.15, 0.2) is 60.8 Å². The highest BCUT2D eigenvalue weighted by molar-refractivity contribution is 7.80. The van der Waals surface area contributed by atoms with Gasteiger partial charge in [0.05, 0.1) is 26.4 Å². The number of unbranched alkanes of at least 4 members (excludes halogenated alkanes) is 2. The van der Waals surface area contributed by atoms with Crippen molar-refractivity contribution in [3.63, 3.8) is 0 Å². The maximum absolute atomic E-state index is 12.4. The third-order valence-corrected chi connectivity index (χ3v) is 7.14. The SMILES string of the molecule is CC/C=C\C/C=C\C/C=C\C/C=C\C/C=C\CCOCC(COC1OC(CO)C(O)C(OS(=O)(=O)O)C1O)OC(=O)CCCCC. The highest BCUT2D eigenvalue weighted by atomic mass is 32.3. The fraction of sp³-hybridized carbons (Fsp3) is 0.667. The quantitative estimate of drug-likeness (QED) is 0.0468. The van der Waals surface area contributed by atoms with Crippen LogP contribution in [-0.2, 0) is 38.3 Å². The van der Waals surface area contributed by atoms with Gasteiger partial charge in [0.1, 0.15) is 30.5 Å². The highest BCUT2D eigenvalue weighted by Crippen LogP contribution is 2.25. The van der Waals surface area contributed by atoms with Gasteiger partial charge in [0.2, 0.25) is 0 Å². The van der Waals surface area contributed by atoms with Gasteiger partial charge < -0.3 is 34.3 Å². The van der Waals surface area contributed by atoms with Gasteiger partial charge in [-0.1, -0.05) is 87.4 Å². The normalized spacial score (nSPS) is 23.5. The number of hydrogen-bond acceptors (Lipinski definition) is 11. The smallest absolute Gasteiger partial charge is 0.397 e. The standard InChI is InChI=1S/C33H54O12S/c1-3-5-7-8-9-10-11-12-13-14-15-16-17-18-19-21-23-41-25-27(43-29(35)22-20-6-4-2)26-42-33-31(37)32(45-46(38,39)40)30(36)28(24-34)44-33/h5,7,9-10,12-13,15-16,18-19,27-28,30-34,36-37H,3-4,6,8,11,14,17,20-26H2,1-2H3,(H,38,39,40)/b7-5-,10-9-,13-12-,16-15-,19-18-. The molecule has 0 bridgehead atoms. The minimum absolute atomic E-state index is 0.0238. The number of allylic oxidation sites excluding steroid dienone is 9. The molecule has 6 unspecified atom stereocenters. The summed E-state index contributed by atoms with van der Waals surface area (Å²) in [6.07, 6.45) is 19.7. The van der Waals surface area contributed by atoms with E-state index in [4.69, 9.17) is 23.5 Å². The topological polar surface area (TPSA) is 178 Å². The van der Waals surface area contributed by atoms with E-state index in [-0.39, 0.29) is 19.6 Å². The van der Waals surface area contributed by atoms with Crippen molar-refractivity contribution in [2.24, 2.45) is 0 Å². The molecule has 0 aliphatic carbocycles. The minimum atomic E-state index is -5.06. The molecule has 0 aromatic heterocycles. The second kappa shape index (κ2) is 25.8. The molecule has 0 aromatic rings. The van der Waals surface area contributed by atoms with Gasteiger partial charge in [-0.05, 0) is 44.9 Å². The molecule has 1 fully saturated rings. The number of rotatable bonds is 25. The Balaban J connectivity index is 2.52. The van der Waals surface area contributed by atoms with E-state index in [1.807, 2.05) is 19.1 Å². The molecule has 1 aliphatic rings. The summed E-state index contributed by atoms with van der Waals surface area (Å²) in [7, 11) is -5.06. The van der Waals surface area contributed by atoms with E-state index < -0.39 is 59.8 Å². The first kappa shape index (κ1) is 41.8. The highest BCUT2D eigenvalue weighted by Gasteiger charge is 2.48. The summed E-state index contributed by atoms with van der Waals surface area (Å²) in [5.41, 5.74) is 0. The molecule has 12 nitrogen and oxygen atoms in total. The van der Waals surface area contributed by atoms with Crippen molar-refractivity contribution in [3.8, 4) is 0 Å². The van der Waals surface area contributed by atoms with Crippen molar-refractivity contribution >= 4 is 16.4 Å². The van der Waals surface area contributed by atoms with E-state index in [2.05, 4.69) is 59.7 Å². The van der Waals surface area contributed by atoms with Crippen LogP contribution in [-0.4, -0.2) is 97.5 Å². The first-order valence-electron chi connectivity index (χ1n) is 16.0. The van der Waals surface area contributed by atoms with Gasteiger partial charge in [0.25, 0.3) is 0 Å². The van der Waals surface area contributed by atoms with Gasteiger partial charge in [-0.2, -0.15) is 8.42 Å². The molecular formula is C33H54O12S. The van der Waals surface area contributed by atoms with Crippen LogP contribution < -0.4 is 0 Å². The van der Waals surface area contributed by atoms with Crippen molar-refractivity contribution in [1.29, 1.82) is 0 Å². The van der Waals surface area contributed by atoms with Crippen molar-refractivity contribution in [1.82, 2.24) is 0 Å². The molecule has 264 valence electrons. The Labute approximate surface area is 274 Å². The zero-order chi connectivity index (χ0) is 34.0. The van der Waals surface area contributed by atoms with Gasteiger partial charge in [0, 0.05) is 6.42 Å². The lowest BCUT2D eigenvalue weighted by Gasteiger charge is -2.41. The third-order valence-electron chi connectivity index (χ3n) is 6.67. The molecule has 6 atom stereocenters. The van der Waals surface area contributed by atoms with E-state index in [1.54, 1.807) is 0 Å². The Hall–Kier alpha value is -2.20. The Kier molecular flexibility index (Phi) is 23.5. The Morgan fingerprint density at radius 3 is 1.98 bits per heavy atom. The first-order valence-corrected chi connectivity index (χ1v) is 17.4. The van der Waals surface area contributed by atoms with Crippen molar-refractivity contribution in [3.05, 3.63) is 60.8 Å². The number of esters is 1. The fourth-order valence-electron chi connectivity index (χ4n) is 4.26. The molecule has 1 heterocycles. The molecule has 0 spiro atoms. The number of carbonyl (C=O) groups excluding carboxylic acids is 1. The van der Waals surface area contributed by atoms with E-state index >= 15 is 0 Å². The fourth-order valence-corrected chi connectivity index (χ4v) is 4.77. The van der Waals surface area contributed by atoms with Crippen LogP contribution in [0.3, 0.4) is 0 Å². The van der Waals surface area contributed by atoms with Crippen LogP contribution in [0.1, 0.15) is 78.1 Å². The van der Waals surface area contributed by atoms with Gasteiger partial charge in [-0.15, -0.1) is 0 Å². The second-order valence-electron chi connectivity index (χ2n) is 10.7. The van der Waals surface area contributed by atoms with Crippen LogP contribution in [0.2, 0.25) is 0 Å². The Bertz CT molecular complexity index is 1050. The molecule has 13 heteroatoms. The van der Waals surface area contributed by atoms with Crippen LogP contribution in [0.5, 0.6) is 0 Å². The first-order chi connectivity index (χ1) is 22.1. The molecule has 1 saturated heterocycles. The van der Waals surface area contributed by atoms with Crippen LogP contribution >= 0.6 is 0 Å². The minimum Gasteiger partial charge on any atom is -0.457 e. The number of hydrogen-bond donors (Lipinski definition) is 4. The number of carbonyl (C=O) groups is 1. The molecule has 1 aliphatic heterocycles. The zero-order valence-corrected chi connectivity index (χ0v) is 27.9. The van der Waals surface area contributed by atoms with E-state index in [1.165, 1.54) is 0 Å². The maximum Gasteiger partial charge on any atom is 0.397 e. The zero-order valence-electron chi connectivity index (χ0n) is 27.1. The molecule has 46 heavy (non-hydrogen) atoms. The van der Waals surface area contributed by atoms with Gasteiger partial charge in [-0.25, -0.2) is 4.18 Å². The monoisotopic (exact) mass is 674 g/mol.